The maximum Gasteiger partial charge on any atom is 0.305 e. The Labute approximate surface area is 237 Å². The SMILES string of the molecule is Cc1c(C(=O)NNC(=O)c2ccc(Cl)cc2Cl)oc2c1/C(=N/NC(=O)COc1ccc(Cl)cc1Cl)CCC2. The molecule has 0 radical (unpaired) electrons. The molecule has 38 heavy (non-hydrogen) atoms. The van der Waals surface area contributed by atoms with E-state index in [-0.39, 0.29) is 28.0 Å². The highest BCUT2D eigenvalue weighted by atomic mass is 35.5. The third kappa shape index (κ3) is 6.42. The average molecular weight is 598 g/mol. The molecule has 0 aliphatic heterocycles. The first-order chi connectivity index (χ1) is 18.1. The molecule has 3 N–H and O–H groups in total. The van der Waals surface area contributed by atoms with Crippen molar-refractivity contribution in [2.45, 2.75) is 26.2 Å². The number of furan rings is 1. The van der Waals surface area contributed by atoms with Crippen LogP contribution in [0.3, 0.4) is 0 Å². The molecule has 0 fully saturated rings. The van der Waals surface area contributed by atoms with Crippen molar-refractivity contribution in [2.24, 2.45) is 5.10 Å². The average Bonchev–Trinajstić information content (AvgIpc) is 3.22. The van der Waals surface area contributed by atoms with Gasteiger partial charge in [0, 0.05) is 27.6 Å². The summed E-state index contributed by atoms with van der Waals surface area (Å²) in [6, 6.07) is 9.03. The fraction of sp³-hybridized carbons (Fsp3) is 0.200. The van der Waals surface area contributed by atoms with Crippen molar-refractivity contribution in [3.05, 3.63) is 84.7 Å². The number of halogens is 4. The van der Waals surface area contributed by atoms with Gasteiger partial charge in [-0.2, -0.15) is 5.10 Å². The lowest BCUT2D eigenvalue weighted by molar-refractivity contribution is -0.123. The standard InChI is InChI=1S/C25H20Cl4N4O5/c1-12-22-18(30-31-21(34)11-37-19-8-6-14(27)10-17(19)29)3-2-4-20(22)38-23(12)25(36)33-32-24(35)15-7-5-13(26)9-16(15)28/h5-10H,2-4,11H2,1H3,(H,31,34)(H,32,35)(H,33,36)/b30-18+. The second-order valence-electron chi connectivity index (χ2n) is 8.20. The molecule has 13 heteroatoms. The number of hydrazine groups is 1. The Morgan fingerprint density at radius 1 is 0.947 bits per heavy atom. The van der Waals surface area contributed by atoms with Gasteiger partial charge in [-0.3, -0.25) is 25.2 Å². The van der Waals surface area contributed by atoms with Crippen molar-refractivity contribution in [3.8, 4) is 5.75 Å². The molecular formula is C25H20Cl4N4O5. The molecule has 0 bridgehead atoms. The van der Waals surface area contributed by atoms with E-state index in [9.17, 15) is 14.4 Å². The lowest BCUT2D eigenvalue weighted by Crippen LogP contribution is -2.41. The molecular weight excluding hydrogens is 578 g/mol. The Kier molecular flexibility index (Phi) is 8.83. The lowest BCUT2D eigenvalue weighted by Gasteiger charge is -2.13. The van der Waals surface area contributed by atoms with E-state index in [1.165, 1.54) is 24.3 Å². The fourth-order valence-electron chi connectivity index (χ4n) is 3.81. The minimum atomic E-state index is -0.660. The van der Waals surface area contributed by atoms with Crippen molar-refractivity contribution in [3.63, 3.8) is 0 Å². The van der Waals surface area contributed by atoms with E-state index in [4.69, 9.17) is 55.6 Å². The Morgan fingerprint density at radius 2 is 1.63 bits per heavy atom. The molecule has 0 spiro atoms. The highest BCUT2D eigenvalue weighted by Crippen LogP contribution is 2.30. The third-order valence-corrected chi connectivity index (χ3v) is 6.64. The van der Waals surface area contributed by atoms with Crippen molar-refractivity contribution in [2.75, 3.05) is 6.61 Å². The van der Waals surface area contributed by atoms with Gasteiger partial charge in [-0.1, -0.05) is 46.4 Å². The summed E-state index contributed by atoms with van der Waals surface area (Å²) in [5, 5.41) is 5.47. The van der Waals surface area contributed by atoms with E-state index in [0.717, 1.165) is 0 Å². The van der Waals surface area contributed by atoms with Crippen LogP contribution < -0.4 is 21.0 Å². The number of fused-ring (bicyclic) bond motifs is 1. The minimum Gasteiger partial charge on any atom is -0.482 e. The van der Waals surface area contributed by atoms with Crippen LogP contribution in [0.4, 0.5) is 0 Å². The number of ether oxygens (including phenoxy) is 1. The number of hydrazone groups is 1. The first kappa shape index (κ1) is 27.8. The lowest BCUT2D eigenvalue weighted by atomic mass is 9.93. The quantitative estimate of drug-likeness (QED) is 0.323. The Hall–Kier alpha value is -3.24. The number of amides is 3. The highest BCUT2D eigenvalue weighted by Gasteiger charge is 2.28. The summed E-state index contributed by atoms with van der Waals surface area (Å²) < 4.78 is 11.2. The van der Waals surface area contributed by atoms with E-state index in [0.29, 0.717) is 57.7 Å². The van der Waals surface area contributed by atoms with Gasteiger partial charge in [0.05, 0.1) is 21.3 Å². The minimum absolute atomic E-state index is 0.0131. The van der Waals surface area contributed by atoms with Crippen LogP contribution in [-0.4, -0.2) is 30.0 Å². The number of nitrogens with zero attached hydrogens (tertiary/aromatic N) is 1. The maximum atomic E-state index is 12.8. The van der Waals surface area contributed by atoms with Crippen LogP contribution in [0.15, 0.2) is 45.9 Å². The van der Waals surface area contributed by atoms with Gasteiger partial charge in [0.2, 0.25) is 0 Å². The van der Waals surface area contributed by atoms with Gasteiger partial charge >= 0.3 is 5.91 Å². The second kappa shape index (κ2) is 12.1. The van der Waals surface area contributed by atoms with Crippen LogP contribution in [0, 0.1) is 6.92 Å². The summed E-state index contributed by atoms with van der Waals surface area (Å²) >= 11 is 23.8. The molecule has 0 saturated carbocycles. The molecule has 9 nitrogen and oxygen atoms in total. The molecule has 3 amide bonds. The summed E-state index contributed by atoms with van der Waals surface area (Å²) in [4.78, 5) is 37.5. The van der Waals surface area contributed by atoms with Gasteiger partial charge in [-0.25, -0.2) is 5.43 Å². The molecule has 1 heterocycles. The zero-order chi connectivity index (χ0) is 27.4. The molecule has 4 rings (SSSR count). The molecule has 3 aromatic rings. The number of hydrogen-bond donors (Lipinski definition) is 3. The molecule has 1 aromatic heterocycles. The third-order valence-electron chi connectivity index (χ3n) is 5.57. The van der Waals surface area contributed by atoms with Gasteiger partial charge < -0.3 is 9.15 Å². The predicted octanol–water partition coefficient (Wildman–Crippen LogP) is 5.51. The first-order valence-corrected chi connectivity index (χ1v) is 12.8. The summed E-state index contributed by atoms with van der Waals surface area (Å²) in [7, 11) is 0. The Bertz CT molecular complexity index is 1450. The fourth-order valence-corrected chi connectivity index (χ4v) is 4.76. The molecule has 1 aliphatic carbocycles. The zero-order valence-electron chi connectivity index (χ0n) is 19.8. The smallest absolute Gasteiger partial charge is 0.305 e. The number of benzene rings is 2. The monoisotopic (exact) mass is 596 g/mol. The van der Waals surface area contributed by atoms with Crippen LogP contribution in [0.2, 0.25) is 20.1 Å². The molecule has 1 aliphatic rings. The van der Waals surface area contributed by atoms with Crippen LogP contribution in [0.1, 0.15) is 50.6 Å². The number of rotatable bonds is 6. The molecule has 0 saturated heterocycles. The van der Waals surface area contributed by atoms with Crippen LogP contribution in [0.5, 0.6) is 5.75 Å². The van der Waals surface area contributed by atoms with Gasteiger partial charge in [0.25, 0.3) is 11.8 Å². The number of nitrogens with one attached hydrogen (secondary N) is 3. The molecule has 0 unspecified atom stereocenters. The topological polar surface area (TPSA) is 122 Å². The summed E-state index contributed by atoms with van der Waals surface area (Å²) in [5.41, 5.74) is 8.94. The van der Waals surface area contributed by atoms with Crippen molar-refractivity contribution in [1.82, 2.24) is 16.3 Å². The molecule has 0 atom stereocenters. The number of aryl methyl sites for hydroxylation is 1. The molecule has 2 aromatic carbocycles. The normalized spacial score (nSPS) is 13.6. The first-order valence-electron chi connectivity index (χ1n) is 11.3. The summed E-state index contributed by atoms with van der Waals surface area (Å²) in [6.07, 6.45) is 1.85. The van der Waals surface area contributed by atoms with Gasteiger partial charge in [0.1, 0.15) is 11.5 Å². The van der Waals surface area contributed by atoms with E-state index >= 15 is 0 Å². The number of carbonyl (C=O) groups excluding carboxylic acids is 3. The maximum absolute atomic E-state index is 12.8. The van der Waals surface area contributed by atoms with E-state index in [2.05, 4.69) is 21.4 Å². The Morgan fingerprint density at radius 3 is 2.34 bits per heavy atom. The van der Waals surface area contributed by atoms with Crippen LogP contribution in [0.25, 0.3) is 0 Å². The van der Waals surface area contributed by atoms with Gasteiger partial charge in [0.15, 0.2) is 12.4 Å². The van der Waals surface area contributed by atoms with Crippen LogP contribution in [-0.2, 0) is 11.2 Å². The Balaban J connectivity index is 1.40. The number of hydrogen-bond acceptors (Lipinski definition) is 6. The van der Waals surface area contributed by atoms with Crippen LogP contribution >= 0.6 is 46.4 Å². The summed E-state index contributed by atoms with van der Waals surface area (Å²) in [5.74, 6) is -0.903. The van der Waals surface area contributed by atoms with Crippen molar-refractivity contribution < 1.29 is 23.5 Å². The van der Waals surface area contributed by atoms with Crippen molar-refractivity contribution >= 4 is 69.8 Å². The predicted molar refractivity (Wildman–Crippen MR) is 144 cm³/mol. The second-order valence-corrected chi connectivity index (χ2v) is 9.88. The van der Waals surface area contributed by atoms with Gasteiger partial charge in [-0.05, 0) is 56.2 Å². The van der Waals surface area contributed by atoms with E-state index in [1.54, 1.807) is 19.1 Å². The van der Waals surface area contributed by atoms with Crippen molar-refractivity contribution in [1.29, 1.82) is 0 Å². The van der Waals surface area contributed by atoms with E-state index < -0.39 is 17.7 Å². The highest BCUT2D eigenvalue weighted by molar-refractivity contribution is 6.37. The zero-order valence-corrected chi connectivity index (χ0v) is 22.8. The number of carbonyl (C=O) groups is 3. The van der Waals surface area contributed by atoms with Gasteiger partial charge in [-0.15, -0.1) is 0 Å². The summed E-state index contributed by atoms with van der Waals surface area (Å²) in [6.45, 7) is 1.38. The van der Waals surface area contributed by atoms with E-state index in [1.807, 2.05) is 0 Å². The largest absolute Gasteiger partial charge is 0.482 e. The molecule has 198 valence electrons.